The lowest BCUT2D eigenvalue weighted by molar-refractivity contribution is 0.288. The number of hydrogen-bond acceptors (Lipinski definition) is 5. The van der Waals surface area contributed by atoms with Gasteiger partial charge in [0.05, 0.1) is 18.9 Å². The number of nitrogen functional groups attached to an aromatic ring is 1. The minimum absolute atomic E-state index is 0.403. The van der Waals surface area contributed by atoms with Gasteiger partial charge in [-0.2, -0.15) is 0 Å². The lowest BCUT2D eigenvalue weighted by Gasteiger charge is -2.12. The molecule has 0 atom stereocenters. The Morgan fingerprint density at radius 2 is 1.68 bits per heavy atom. The zero-order valence-corrected chi connectivity index (χ0v) is 11.1. The van der Waals surface area contributed by atoms with Gasteiger partial charge in [0.15, 0.2) is 11.5 Å². The van der Waals surface area contributed by atoms with Gasteiger partial charge in [-0.05, 0) is 44.2 Å². The SMILES string of the molecule is CCOc1ccc(-c2ccc(N)nn2)cc1OCC. The minimum Gasteiger partial charge on any atom is -0.490 e. The van der Waals surface area contributed by atoms with Gasteiger partial charge < -0.3 is 15.2 Å². The van der Waals surface area contributed by atoms with Crippen molar-refractivity contribution < 1.29 is 9.47 Å². The van der Waals surface area contributed by atoms with Crippen LogP contribution in [0.3, 0.4) is 0 Å². The first kappa shape index (κ1) is 13.1. The highest BCUT2D eigenvalue weighted by Gasteiger charge is 2.08. The van der Waals surface area contributed by atoms with E-state index in [0.29, 0.717) is 24.8 Å². The summed E-state index contributed by atoms with van der Waals surface area (Å²) in [4.78, 5) is 0. The van der Waals surface area contributed by atoms with E-state index in [1.165, 1.54) is 0 Å². The third kappa shape index (κ3) is 3.13. The summed E-state index contributed by atoms with van der Waals surface area (Å²) in [5.41, 5.74) is 7.19. The summed E-state index contributed by atoms with van der Waals surface area (Å²) in [5, 5.41) is 7.90. The Hall–Kier alpha value is -2.30. The molecule has 1 aromatic heterocycles. The Balaban J connectivity index is 2.36. The molecule has 5 heteroatoms. The van der Waals surface area contributed by atoms with Crippen molar-refractivity contribution >= 4 is 5.82 Å². The quantitative estimate of drug-likeness (QED) is 0.893. The smallest absolute Gasteiger partial charge is 0.161 e. The molecule has 19 heavy (non-hydrogen) atoms. The first-order valence-electron chi connectivity index (χ1n) is 6.23. The summed E-state index contributed by atoms with van der Waals surface area (Å²) in [7, 11) is 0. The summed E-state index contributed by atoms with van der Waals surface area (Å²) >= 11 is 0. The third-order valence-corrected chi connectivity index (χ3v) is 2.52. The Kier molecular flexibility index (Phi) is 4.18. The van der Waals surface area contributed by atoms with Crippen molar-refractivity contribution in [1.82, 2.24) is 10.2 Å². The average molecular weight is 259 g/mol. The largest absolute Gasteiger partial charge is 0.490 e. The van der Waals surface area contributed by atoms with Gasteiger partial charge in [-0.1, -0.05) is 0 Å². The van der Waals surface area contributed by atoms with Crippen molar-refractivity contribution in [3.05, 3.63) is 30.3 Å². The molecule has 2 rings (SSSR count). The monoisotopic (exact) mass is 259 g/mol. The van der Waals surface area contributed by atoms with Crippen LogP contribution in [0.25, 0.3) is 11.3 Å². The molecule has 5 nitrogen and oxygen atoms in total. The standard InChI is InChI=1S/C14H17N3O2/c1-3-18-12-7-5-10(9-13(12)19-4-2)11-6-8-14(15)17-16-11/h5-9H,3-4H2,1-2H3,(H2,15,17). The molecule has 0 spiro atoms. The van der Waals surface area contributed by atoms with Gasteiger partial charge in [0.25, 0.3) is 0 Å². The molecule has 0 unspecified atom stereocenters. The van der Waals surface area contributed by atoms with E-state index in [2.05, 4.69) is 10.2 Å². The number of ether oxygens (including phenoxy) is 2. The summed E-state index contributed by atoms with van der Waals surface area (Å²) in [5.74, 6) is 1.84. The van der Waals surface area contributed by atoms with Gasteiger partial charge >= 0.3 is 0 Å². The van der Waals surface area contributed by atoms with Gasteiger partial charge in [-0.3, -0.25) is 0 Å². The second-order valence-corrected chi connectivity index (χ2v) is 3.87. The molecule has 0 aliphatic heterocycles. The zero-order chi connectivity index (χ0) is 13.7. The van der Waals surface area contributed by atoms with Crippen LogP contribution in [0.2, 0.25) is 0 Å². The molecule has 1 aromatic carbocycles. The van der Waals surface area contributed by atoms with Crippen molar-refractivity contribution in [3.63, 3.8) is 0 Å². The summed E-state index contributed by atoms with van der Waals surface area (Å²) in [6.45, 7) is 5.05. The van der Waals surface area contributed by atoms with Crippen LogP contribution in [0.1, 0.15) is 13.8 Å². The maximum absolute atomic E-state index is 5.58. The number of nitrogens with two attached hydrogens (primary N) is 1. The van der Waals surface area contributed by atoms with E-state index in [9.17, 15) is 0 Å². The molecular weight excluding hydrogens is 242 g/mol. The van der Waals surface area contributed by atoms with Crippen molar-refractivity contribution in [2.45, 2.75) is 13.8 Å². The predicted octanol–water partition coefficient (Wildman–Crippen LogP) is 2.52. The van der Waals surface area contributed by atoms with Crippen molar-refractivity contribution in [2.24, 2.45) is 0 Å². The molecule has 1 heterocycles. The van der Waals surface area contributed by atoms with Gasteiger partial charge in [0.1, 0.15) is 5.82 Å². The number of hydrogen-bond donors (Lipinski definition) is 1. The maximum atomic E-state index is 5.58. The Morgan fingerprint density at radius 3 is 2.32 bits per heavy atom. The van der Waals surface area contributed by atoms with Crippen LogP contribution in [0.4, 0.5) is 5.82 Å². The van der Waals surface area contributed by atoms with E-state index in [0.717, 1.165) is 17.0 Å². The molecular formula is C14H17N3O2. The average Bonchev–Trinajstić information content (AvgIpc) is 2.42. The van der Waals surface area contributed by atoms with Crippen LogP contribution in [0.15, 0.2) is 30.3 Å². The van der Waals surface area contributed by atoms with E-state index in [-0.39, 0.29) is 0 Å². The second kappa shape index (κ2) is 6.04. The summed E-state index contributed by atoms with van der Waals surface area (Å²) < 4.78 is 11.1. The molecule has 0 bridgehead atoms. The first-order valence-corrected chi connectivity index (χ1v) is 6.23. The van der Waals surface area contributed by atoms with Gasteiger partial charge in [0.2, 0.25) is 0 Å². The molecule has 0 radical (unpaired) electrons. The number of nitrogens with zero attached hydrogens (tertiary/aromatic N) is 2. The Bertz CT molecular complexity index is 541. The lowest BCUT2D eigenvalue weighted by Crippen LogP contribution is -1.99. The highest BCUT2D eigenvalue weighted by atomic mass is 16.5. The number of aromatic nitrogens is 2. The number of anilines is 1. The van der Waals surface area contributed by atoms with E-state index in [1.807, 2.05) is 38.1 Å². The summed E-state index contributed by atoms with van der Waals surface area (Å²) in [6.07, 6.45) is 0. The van der Waals surface area contributed by atoms with Crippen molar-refractivity contribution in [1.29, 1.82) is 0 Å². The molecule has 2 N–H and O–H groups in total. The molecule has 0 fully saturated rings. The fourth-order valence-corrected chi connectivity index (χ4v) is 1.71. The Morgan fingerprint density at radius 1 is 0.947 bits per heavy atom. The molecule has 0 saturated heterocycles. The van der Waals surface area contributed by atoms with Crippen molar-refractivity contribution in [2.75, 3.05) is 18.9 Å². The van der Waals surface area contributed by atoms with Crippen LogP contribution in [-0.2, 0) is 0 Å². The highest BCUT2D eigenvalue weighted by Crippen LogP contribution is 2.32. The fraction of sp³-hybridized carbons (Fsp3) is 0.286. The maximum Gasteiger partial charge on any atom is 0.161 e. The normalized spacial score (nSPS) is 10.2. The first-order chi connectivity index (χ1) is 9.24. The molecule has 100 valence electrons. The van der Waals surface area contributed by atoms with Gasteiger partial charge in [-0.15, -0.1) is 10.2 Å². The van der Waals surface area contributed by atoms with Crippen LogP contribution >= 0.6 is 0 Å². The predicted molar refractivity (Wildman–Crippen MR) is 74.2 cm³/mol. The van der Waals surface area contributed by atoms with Crippen LogP contribution in [0.5, 0.6) is 11.5 Å². The Labute approximate surface area is 112 Å². The minimum atomic E-state index is 0.403. The zero-order valence-electron chi connectivity index (χ0n) is 11.1. The topological polar surface area (TPSA) is 70.3 Å². The van der Waals surface area contributed by atoms with E-state index in [1.54, 1.807) is 6.07 Å². The number of rotatable bonds is 5. The van der Waals surface area contributed by atoms with E-state index in [4.69, 9.17) is 15.2 Å². The molecule has 2 aromatic rings. The summed E-state index contributed by atoms with van der Waals surface area (Å²) in [6, 6.07) is 9.25. The van der Waals surface area contributed by atoms with Crippen LogP contribution < -0.4 is 15.2 Å². The lowest BCUT2D eigenvalue weighted by atomic mass is 10.1. The second-order valence-electron chi connectivity index (χ2n) is 3.87. The van der Waals surface area contributed by atoms with Gasteiger partial charge in [-0.25, -0.2) is 0 Å². The highest BCUT2D eigenvalue weighted by molar-refractivity contribution is 5.64. The number of benzene rings is 1. The van der Waals surface area contributed by atoms with Crippen LogP contribution in [0, 0.1) is 0 Å². The molecule has 0 saturated carbocycles. The van der Waals surface area contributed by atoms with Crippen LogP contribution in [-0.4, -0.2) is 23.4 Å². The fourth-order valence-electron chi connectivity index (χ4n) is 1.71. The molecule has 0 aliphatic rings. The molecule has 0 aliphatic carbocycles. The third-order valence-electron chi connectivity index (χ3n) is 2.52. The van der Waals surface area contributed by atoms with Crippen molar-refractivity contribution in [3.8, 4) is 22.8 Å². The van der Waals surface area contributed by atoms with E-state index >= 15 is 0 Å². The van der Waals surface area contributed by atoms with E-state index < -0.39 is 0 Å². The molecule has 0 amide bonds. The van der Waals surface area contributed by atoms with Gasteiger partial charge in [0, 0.05) is 5.56 Å².